The molecule has 1 rings (SSSR count). The van der Waals surface area contributed by atoms with E-state index >= 15 is 0 Å². The molecule has 1 aromatic rings. The fraction of sp³-hybridized carbons (Fsp3) is 0.462. The molecule has 0 aliphatic heterocycles. The third-order valence-electron chi connectivity index (χ3n) is 2.73. The van der Waals surface area contributed by atoms with Gasteiger partial charge >= 0.3 is 5.97 Å². The minimum absolute atomic E-state index is 0.225. The van der Waals surface area contributed by atoms with Crippen molar-refractivity contribution in [3.05, 3.63) is 23.8 Å². The van der Waals surface area contributed by atoms with E-state index in [9.17, 15) is 4.79 Å². The number of aromatic carboxylic acids is 1. The fourth-order valence-electron chi connectivity index (χ4n) is 1.61. The Hall–Kier alpha value is -1.71. The zero-order valence-corrected chi connectivity index (χ0v) is 10.6. The van der Waals surface area contributed by atoms with Crippen molar-refractivity contribution < 1.29 is 9.90 Å². The van der Waals surface area contributed by atoms with Gasteiger partial charge in [-0.1, -0.05) is 13.8 Å². The van der Waals surface area contributed by atoms with E-state index in [1.807, 2.05) is 7.05 Å². The number of benzene rings is 1. The number of anilines is 2. The van der Waals surface area contributed by atoms with E-state index in [1.54, 1.807) is 12.1 Å². The lowest BCUT2D eigenvalue weighted by Gasteiger charge is -2.22. The number of rotatable bonds is 5. The summed E-state index contributed by atoms with van der Waals surface area (Å²) in [5.74, 6) is -0.315. The van der Waals surface area contributed by atoms with Crippen LogP contribution in [0.1, 0.15) is 30.6 Å². The number of carbonyl (C=O) groups is 1. The van der Waals surface area contributed by atoms with Crippen LogP contribution in [0.5, 0.6) is 0 Å². The molecule has 0 aliphatic carbocycles. The highest BCUT2D eigenvalue weighted by molar-refractivity contribution is 5.90. The molecule has 4 nitrogen and oxygen atoms in total. The summed E-state index contributed by atoms with van der Waals surface area (Å²) in [4.78, 5) is 12.8. The van der Waals surface area contributed by atoms with Gasteiger partial charge in [0.15, 0.2) is 0 Å². The highest BCUT2D eigenvalue weighted by atomic mass is 16.4. The minimum Gasteiger partial charge on any atom is -0.478 e. The molecule has 0 saturated heterocycles. The number of carboxylic acids is 1. The Bertz CT molecular complexity index is 402. The highest BCUT2D eigenvalue weighted by Gasteiger charge is 2.09. The predicted octanol–water partition coefficient (Wildman–Crippen LogP) is 2.45. The van der Waals surface area contributed by atoms with Crippen LogP contribution in [0.3, 0.4) is 0 Å². The smallest absolute Gasteiger partial charge is 0.335 e. The van der Waals surface area contributed by atoms with Gasteiger partial charge in [-0.15, -0.1) is 0 Å². The Labute approximate surface area is 102 Å². The number of nitrogens with zero attached hydrogens (tertiary/aromatic N) is 1. The Morgan fingerprint density at radius 3 is 2.59 bits per heavy atom. The second-order valence-corrected chi connectivity index (χ2v) is 4.68. The summed E-state index contributed by atoms with van der Waals surface area (Å²) >= 11 is 0. The number of hydrogen-bond acceptors (Lipinski definition) is 3. The zero-order valence-electron chi connectivity index (χ0n) is 10.6. The summed E-state index contributed by atoms with van der Waals surface area (Å²) in [5, 5.41) is 8.85. The number of hydrogen-bond donors (Lipinski definition) is 2. The molecular formula is C13H20N2O2. The van der Waals surface area contributed by atoms with Gasteiger partial charge in [0.05, 0.1) is 16.9 Å². The SMILES string of the molecule is CC(C)CCN(C)c1ccc(C(=O)O)cc1N. The van der Waals surface area contributed by atoms with Crippen molar-refractivity contribution in [2.24, 2.45) is 5.92 Å². The third kappa shape index (κ3) is 3.66. The normalized spacial score (nSPS) is 10.6. The monoisotopic (exact) mass is 236 g/mol. The Kier molecular flexibility index (Phi) is 4.37. The van der Waals surface area contributed by atoms with E-state index in [4.69, 9.17) is 10.8 Å². The van der Waals surface area contributed by atoms with Gasteiger partial charge in [-0.05, 0) is 30.5 Å². The Morgan fingerprint density at radius 2 is 2.12 bits per heavy atom. The van der Waals surface area contributed by atoms with Crippen LogP contribution in [0, 0.1) is 5.92 Å². The van der Waals surface area contributed by atoms with Crippen LogP contribution in [-0.4, -0.2) is 24.7 Å². The van der Waals surface area contributed by atoms with Gasteiger partial charge in [-0.3, -0.25) is 0 Å². The molecule has 0 saturated carbocycles. The molecule has 17 heavy (non-hydrogen) atoms. The van der Waals surface area contributed by atoms with Crippen LogP contribution >= 0.6 is 0 Å². The summed E-state index contributed by atoms with van der Waals surface area (Å²) in [5.41, 5.74) is 7.48. The summed E-state index contributed by atoms with van der Waals surface area (Å²) in [6.07, 6.45) is 1.08. The molecule has 0 heterocycles. The lowest BCUT2D eigenvalue weighted by molar-refractivity contribution is 0.0697. The lowest BCUT2D eigenvalue weighted by Crippen LogP contribution is -2.21. The standard InChI is InChI=1S/C13H20N2O2/c1-9(2)6-7-15(3)12-5-4-10(13(16)17)8-11(12)14/h4-5,8-9H,6-7,14H2,1-3H3,(H,16,17). The molecule has 3 N–H and O–H groups in total. The molecule has 0 aromatic heterocycles. The lowest BCUT2D eigenvalue weighted by atomic mass is 10.1. The van der Waals surface area contributed by atoms with E-state index in [1.165, 1.54) is 6.07 Å². The molecule has 0 spiro atoms. The second-order valence-electron chi connectivity index (χ2n) is 4.68. The average molecular weight is 236 g/mol. The van der Waals surface area contributed by atoms with Gasteiger partial charge in [0, 0.05) is 13.6 Å². The van der Waals surface area contributed by atoms with Crippen LogP contribution in [-0.2, 0) is 0 Å². The number of nitrogens with two attached hydrogens (primary N) is 1. The van der Waals surface area contributed by atoms with Crippen molar-refractivity contribution >= 4 is 17.3 Å². The summed E-state index contributed by atoms with van der Waals surface area (Å²) < 4.78 is 0. The largest absolute Gasteiger partial charge is 0.478 e. The van der Waals surface area contributed by atoms with Crippen molar-refractivity contribution in [1.29, 1.82) is 0 Å². The Balaban J connectivity index is 2.81. The van der Waals surface area contributed by atoms with Gasteiger partial charge in [-0.2, -0.15) is 0 Å². The molecule has 4 heteroatoms. The highest BCUT2D eigenvalue weighted by Crippen LogP contribution is 2.24. The van der Waals surface area contributed by atoms with E-state index in [0.29, 0.717) is 11.6 Å². The topological polar surface area (TPSA) is 66.6 Å². The van der Waals surface area contributed by atoms with Gasteiger partial charge < -0.3 is 15.7 Å². The average Bonchev–Trinajstić information content (AvgIpc) is 2.25. The van der Waals surface area contributed by atoms with Crippen molar-refractivity contribution in [1.82, 2.24) is 0 Å². The molecule has 0 atom stereocenters. The maximum atomic E-state index is 10.8. The van der Waals surface area contributed by atoms with E-state index in [0.717, 1.165) is 18.7 Å². The first-order chi connectivity index (χ1) is 7.91. The molecule has 94 valence electrons. The van der Waals surface area contributed by atoms with Crippen molar-refractivity contribution in [2.45, 2.75) is 20.3 Å². The first-order valence-corrected chi connectivity index (χ1v) is 5.75. The molecule has 0 bridgehead atoms. The molecule has 0 aliphatic rings. The van der Waals surface area contributed by atoms with Crippen molar-refractivity contribution in [2.75, 3.05) is 24.2 Å². The van der Waals surface area contributed by atoms with Gasteiger partial charge in [0.25, 0.3) is 0 Å². The zero-order chi connectivity index (χ0) is 13.0. The first-order valence-electron chi connectivity index (χ1n) is 5.75. The minimum atomic E-state index is -0.951. The van der Waals surface area contributed by atoms with Crippen molar-refractivity contribution in [3.8, 4) is 0 Å². The molecule has 0 fully saturated rings. The van der Waals surface area contributed by atoms with Crippen LogP contribution in [0.15, 0.2) is 18.2 Å². The van der Waals surface area contributed by atoms with Gasteiger partial charge in [0.2, 0.25) is 0 Å². The molecule has 1 aromatic carbocycles. The van der Waals surface area contributed by atoms with Gasteiger partial charge in [-0.25, -0.2) is 4.79 Å². The summed E-state index contributed by atoms with van der Waals surface area (Å²) in [6, 6.07) is 4.85. The summed E-state index contributed by atoms with van der Waals surface area (Å²) in [7, 11) is 1.97. The number of carboxylic acid groups (broad SMARTS) is 1. The van der Waals surface area contributed by atoms with Gasteiger partial charge in [0.1, 0.15) is 0 Å². The summed E-state index contributed by atoms with van der Waals surface area (Å²) in [6.45, 7) is 5.25. The second kappa shape index (κ2) is 5.57. The van der Waals surface area contributed by atoms with E-state index < -0.39 is 5.97 Å². The molecule has 0 unspecified atom stereocenters. The molecular weight excluding hydrogens is 216 g/mol. The number of nitrogen functional groups attached to an aromatic ring is 1. The maximum absolute atomic E-state index is 10.8. The van der Waals surface area contributed by atoms with E-state index in [-0.39, 0.29) is 5.56 Å². The predicted molar refractivity (Wildman–Crippen MR) is 70.5 cm³/mol. The Morgan fingerprint density at radius 1 is 1.47 bits per heavy atom. The molecule has 0 amide bonds. The quantitative estimate of drug-likeness (QED) is 0.771. The van der Waals surface area contributed by atoms with Crippen LogP contribution in [0.25, 0.3) is 0 Å². The van der Waals surface area contributed by atoms with Crippen LogP contribution < -0.4 is 10.6 Å². The third-order valence-corrected chi connectivity index (χ3v) is 2.73. The van der Waals surface area contributed by atoms with E-state index in [2.05, 4.69) is 18.7 Å². The first kappa shape index (κ1) is 13.4. The van der Waals surface area contributed by atoms with Crippen LogP contribution in [0.4, 0.5) is 11.4 Å². The molecule has 0 radical (unpaired) electrons. The van der Waals surface area contributed by atoms with Crippen LogP contribution in [0.2, 0.25) is 0 Å². The van der Waals surface area contributed by atoms with Crippen molar-refractivity contribution in [3.63, 3.8) is 0 Å². The fourth-order valence-corrected chi connectivity index (χ4v) is 1.61. The maximum Gasteiger partial charge on any atom is 0.335 e.